The first-order chi connectivity index (χ1) is 9.15. The van der Waals surface area contributed by atoms with E-state index in [0.717, 1.165) is 19.5 Å². The maximum atomic E-state index is 11.9. The van der Waals surface area contributed by atoms with Gasteiger partial charge in [-0.05, 0) is 32.9 Å². The Morgan fingerprint density at radius 3 is 2.95 bits per heavy atom. The Labute approximate surface area is 117 Å². The first-order valence-electron chi connectivity index (χ1n) is 7.29. The van der Waals surface area contributed by atoms with Crippen LogP contribution in [-0.4, -0.2) is 75.7 Å². The Bertz CT molecular complexity index is 261. The lowest BCUT2D eigenvalue weighted by atomic mass is 10.00. The molecule has 0 spiro atoms. The second-order valence-corrected chi connectivity index (χ2v) is 5.40. The Kier molecular flexibility index (Phi) is 8.02. The molecule has 1 N–H and O–H groups in total. The Hall–Kier alpha value is -0.650. The maximum Gasteiger partial charge on any atom is 0.236 e. The highest BCUT2D eigenvalue weighted by molar-refractivity contribution is 5.77. The predicted octanol–water partition coefficient (Wildman–Crippen LogP) is 0.555. The molecular formula is C14H29N3O2. The molecule has 1 aliphatic heterocycles. The van der Waals surface area contributed by atoms with E-state index in [9.17, 15) is 4.79 Å². The van der Waals surface area contributed by atoms with E-state index in [2.05, 4.69) is 17.3 Å². The monoisotopic (exact) mass is 271 g/mol. The Morgan fingerprint density at radius 2 is 2.26 bits per heavy atom. The lowest BCUT2D eigenvalue weighted by Crippen LogP contribution is -2.41. The largest absolute Gasteiger partial charge is 0.383 e. The average Bonchev–Trinajstić information content (AvgIpc) is 2.42. The fourth-order valence-electron chi connectivity index (χ4n) is 2.48. The molecule has 112 valence electrons. The number of nitrogens with zero attached hydrogens (tertiary/aromatic N) is 2. The molecule has 5 nitrogen and oxygen atoms in total. The fraction of sp³-hybridized carbons (Fsp3) is 0.929. The van der Waals surface area contributed by atoms with Crippen molar-refractivity contribution in [1.29, 1.82) is 0 Å². The third kappa shape index (κ3) is 6.36. The summed E-state index contributed by atoms with van der Waals surface area (Å²) in [6, 6.07) is 0.644. The Morgan fingerprint density at radius 1 is 1.47 bits per heavy atom. The lowest BCUT2D eigenvalue weighted by molar-refractivity contribution is -0.129. The number of hydrogen-bond donors (Lipinski definition) is 1. The molecule has 1 atom stereocenters. The number of carbonyl (C=O) groups excluding carboxylic acids is 1. The number of amides is 1. The van der Waals surface area contributed by atoms with Crippen molar-refractivity contribution >= 4 is 5.91 Å². The van der Waals surface area contributed by atoms with E-state index >= 15 is 0 Å². The number of nitrogens with one attached hydrogen (secondary N) is 1. The number of piperidine rings is 1. The van der Waals surface area contributed by atoms with E-state index in [0.29, 0.717) is 19.2 Å². The molecule has 0 radical (unpaired) electrons. The average molecular weight is 271 g/mol. The van der Waals surface area contributed by atoms with Crippen LogP contribution in [0, 0.1) is 0 Å². The molecule has 1 fully saturated rings. The molecule has 1 unspecified atom stereocenters. The molecule has 1 saturated heterocycles. The van der Waals surface area contributed by atoms with Crippen molar-refractivity contribution in [2.45, 2.75) is 31.7 Å². The SMILES string of the molecule is COCCNCC(=O)N(C)CCC1CCCCN1C. The van der Waals surface area contributed by atoms with Crippen molar-refractivity contribution in [3.05, 3.63) is 0 Å². The molecule has 1 rings (SSSR count). The minimum absolute atomic E-state index is 0.162. The third-order valence-electron chi connectivity index (χ3n) is 3.90. The molecule has 0 aliphatic carbocycles. The van der Waals surface area contributed by atoms with Gasteiger partial charge in [0, 0.05) is 33.3 Å². The molecule has 0 aromatic rings. The number of ether oxygens (including phenoxy) is 1. The Balaban J connectivity index is 2.15. The van der Waals surface area contributed by atoms with Crippen LogP contribution in [-0.2, 0) is 9.53 Å². The third-order valence-corrected chi connectivity index (χ3v) is 3.90. The van der Waals surface area contributed by atoms with E-state index in [4.69, 9.17) is 4.74 Å². The first-order valence-corrected chi connectivity index (χ1v) is 7.29. The van der Waals surface area contributed by atoms with Gasteiger partial charge in [-0.15, -0.1) is 0 Å². The summed E-state index contributed by atoms with van der Waals surface area (Å²) in [6.45, 7) is 3.81. The van der Waals surface area contributed by atoms with E-state index in [-0.39, 0.29) is 5.91 Å². The molecule has 5 heteroatoms. The summed E-state index contributed by atoms with van der Waals surface area (Å²) in [5, 5.41) is 3.09. The summed E-state index contributed by atoms with van der Waals surface area (Å²) in [5.41, 5.74) is 0. The van der Waals surface area contributed by atoms with E-state index in [1.165, 1.54) is 25.8 Å². The number of carbonyl (C=O) groups is 1. The van der Waals surface area contributed by atoms with E-state index in [1.54, 1.807) is 7.11 Å². The quantitative estimate of drug-likeness (QED) is 0.655. The normalized spacial score (nSPS) is 20.5. The minimum Gasteiger partial charge on any atom is -0.383 e. The van der Waals surface area contributed by atoms with Gasteiger partial charge >= 0.3 is 0 Å². The van der Waals surface area contributed by atoms with Crippen LogP contribution in [0.3, 0.4) is 0 Å². The molecule has 1 aliphatic rings. The van der Waals surface area contributed by atoms with Crippen molar-refractivity contribution in [2.75, 3.05) is 54.0 Å². The van der Waals surface area contributed by atoms with Crippen LogP contribution in [0.15, 0.2) is 0 Å². The molecule has 1 heterocycles. The molecule has 0 aromatic heterocycles. The minimum atomic E-state index is 0.162. The van der Waals surface area contributed by atoms with Crippen LogP contribution >= 0.6 is 0 Å². The fourth-order valence-corrected chi connectivity index (χ4v) is 2.48. The van der Waals surface area contributed by atoms with Gasteiger partial charge in [-0.1, -0.05) is 6.42 Å². The van der Waals surface area contributed by atoms with Gasteiger partial charge in [0.05, 0.1) is 13.2 Å². The predicted molar refractivity (Wildman–Crippen MR) is 77.3 cm³/mol. The van der Waals surface area contributed by atoms with Gasteiger partial charge in [0.15, 0.2) is 0 Å². The van der Waals surface area contributed by atoms with Crippen LogP contribution in [0.5, 0.6) is 0 Å². The molecular weight excluding hydrogens is 242 g/mol. The molecule has 19 heavy (non-hydrogen) atoms. The lowest BCUT2D eigenvalue weighted by Gasteiger charge is -2.33. The van der Waals surface area contributed by atoms with Crippen molar-refractivity contribution in [3.8, 4) is 0 Å². The van der Waals surface area contributed by atoms with Gasteiger partial charge in [-0.25, -0.2) is 0 Å². The maximum absolute atomic E-state index is 11.9. The number of likely N-dealkylation sites (tertiary alicyclic amines) is 1. The van der Waals surface area contributed by atoms with Crippen LogP contribution in [0.2, 0.25) is 0 Å². The van der Waals surface area contributed by atoms with E-state index in [1.807, 2.05) is 11.9 Å². The molecule has 0 saturated carbocycles. The van der Waals surface area contributed by atoms with Gasteiger partial charge in [0.25, 0.3) is 0 Å². The highest BCUT2D eigenvalue weighted by atomic mass is 16.5. The summed E-state index contributed by atoms with van der Waals surface area (Å²) in [5.74, 6) is 0.162. The zero-order valence-electron chi connectivity index (χ0n) is 12.7. The number of rotatable bonds is 8. The van der Waals surface area contributed by atoms with Crippen molar-refractivity contribution in [1.82, 2.24) is 15.1 Å². The summed E-state index contributed by atoms with van der Waals surface area (Å²) >= 11 is 0. The second-order valence-electron chi connectivity index (χ2n) is 5.40. The van der Waals surface area contributed by atoms with Crippen molar-refractivity contribution in [3.63, 3.8) is 0 Å². The number of methoxy groups -OCH3 is 1. The van der Waals surface area contributed by atoms with Crippen LogP contribution in [0.25, 0.3) is 0 Å². The number of likely N-dealkylation sites (N-methyl/N-ethyl adjacent to an activating group) is 1. The summed E-state index contributed by atoms with van der Waals surface area (Å²) in [4.78, 5) is 16.1. The summed E-state index contributed by atoms with van der Waals surface area (Å²) < 4.78 is 4.93. The topological polar surface area (TPSA) is 44.8 Å². The van der Waals surface area contributed by atoms with Crippen LogP contribution in [0.1, 0.15) is 25.7 Å². The smallest absolute Gasteiger partial charge is 0.236 e. The standard InChI is InChI=1S/C14H29N3O2/c1-16-9-5-4-6-13(16)7-10-17(2)14(18)12-15-8-11-19-3/h13,15H,4-12H2,1-3H3. The molecule has 1 amide bonds. The van der Waals surface area contributed by atoms with Crippen LogP contribution in [0.4, 0.5) is 0 Å². The highest BCUT2D eigenvalue weighted by Gasteiger charge is 2.19. The van der Waals surface area contributed by atoms with E-state index < -0.39 is 0 Å². The van der Waals surface area contributed by atoms with Gasteiger partial charge in [0.2, 0.25) is 5.91 Å². The summed E-state index contributed by atoms with van der Waals surface area (Å²) in [6.07, 6.45) is 4.98. The van der Waals surface area contributed by atoms with Gasteiger partial charge in [0.1, 0.15) is 0 Å². The number of hydrogen-bond acceptors (Lipinski definition) is 4. The first kappa shape index (κ1) is 16.4. The molecule has 0 aromatic carbocycles. The second kappa shape index (κ2) is 9.28. The van der Waals surface area contributed by atoms with Gasteiger partial charge in [-0.3, -0.25) is 4.79 Å². The van der Waals surface area contributed by atoms with Gasteiger partial charge < -0.3 is 19.9 Å². The van der Waals surface area contributed by atoms with Crippen LogP contribution < -0.4 is 5.32 Å². The zero-order valence-corrected chi connectivity index (χ0v) is 12.7. The summed E-state index contributed by atoms with van der Waals surface area (Å²) in [7, 11) is 5.75. The van der Waals surface area contributed by atoms with Gasteiger partial charge in [-0.2, -0.15) is 0 Å². The highest BCUT2D eigenvalue weighted by Crippen LogP contribution is 2.17. The zero-order chi connectivity index (χ0) is 14.1. The van der Waals surface area contributed by atoms with Crippen molar-refractivity contribution < 1.29 is 9.53 Å². The van der Waals surface area contributed by atoms with Crippen molar-refractivity contribution in [2.24, 2.45) is 0 Å². The molecule has 0 bridgehead atoms.